The van der Waals surface area contributed by atoms with Crippen LogP contribution in [0.15, 0.2) is 42.5 Å². The lowest BCUT2D eigenvalue weighted by Gasteiger charge is -2.09. The molecule has 0 spiro atoms. The number of amides is 2. The summed E-state index contributed by atoms with van der Waals surface area (Å²) in [6.07, 6.45) is 0. The summed E-state index contributed by atoms with van der Waals surface area (Å²) in [7, 11) is 0. The first-order chi connectivity index (χ1) is 12.4. The summed E-state index contributed by atoms with van der Waals surface area (Å²) in [6, 6.07) is 11.6. The second-order valence-corrected chi connectivity index (χ2v) is 6.17. The van der Waals surface area contributed by atoms with E-state index in [9.17, 15) is 14.4 Å². The maximum atomic E-state index is 12.0. The molecule has 0 aliphatic rings. The Morgan fingerprint density at radius 3 is 2.50 bits per heavy atom. The number of carbonyl (C=O) groups excluding carboxylic acids is 3. The van der Waals surface area contributed by atoms with E-state index in [0.717, 1.165) is 5.56 Å². The van der Waals surface area contributed by atoms with E-state index >= 15 is 0 Å². The number of rotatable bonds is 6. The number of hydrogen-bond acceptors (Lipinski definition) is 4. The largest absolute Gasteiger partial charge is 0.454 e. The average Bonchev–Trinajstić information content (AvgIpc) is 2.60. The zero-order valence-corrected chi connectivity index (χ0v) is 15.4. The Labute approximate surface area is 160 Å². The normalized spacial score (nSPS) is 10.1. The summed E-state index contributed by atoms with van der Waals surface area (Å²) in [6.45, 7) is 0.999. The van der Waals surface area contributed by atoms with Gasteiger partial charge in [0, 0.05) is 10.7 Å². The SMILES string of the molecule is Cc1ccccc1NC(=O)COC(=O)CNC(=O)c1ccc(Cl)cc1Cl. The highest BCUT2D eigenvalue weighted by Crippen LogP contribution is 2.20. The second kappa shape index (κ2) is 9.22. The van der Waals surface area contributed by atoms with Crippen LogP contribution in [0.4, 0.5) is 5.69 Å². The van der Waals surface area contributed by atoms with E-state index in [2.05, 4.69) is 10.6 Å². The molecule has 0 saturated carbocycles. The van der Waals surface area contributed by atoms with Gasteiger partial charge in [-0.1, -0.05) is 41.4 Å². The van der Waals surface area contributed by atoms with Gasteiger partial charge in [-0.15, -0.1) is 0 Å². The van der Waals surface area contributed by atoms with Crippen LogP contribution in [0.1, 0.15) is 15.9 Å². The molecule has 2 aromatic carbocycles. The van der Waals surface area contributed by atoms with Crippen molar-refractivity contribution in [3.63, 3.8) is 0 Å². The van der Waals surface area contributed by atoms with Gasteiger partial charge < -0.3 is 15.4 Å². The van der Waals surface area contributed by atoms with E-state index in [0.29, 0.717) is 10.7 Å². The number of benzene rings is 2. The molecule has 0 bridgehead atoms. The topological polar surface area (TPSA) is 84.5 Å². The van der Waals surface area contributed by atoms with Crippen molar-refractivity contribution < 1.29 is 19.1 Å². The van der Waals surface area contributed by atoms with Gasteiger partial charge in [0.05, 0.1) is 10.6 Å². The van der Waals surface area contributed by atoms with Gasteiger partial charge in [0.2, 0.25) is 0 Å². The van der Waals surface area contributed by atoms with Crippen LogP contribution in [0, 0.1) is 6.92 Å². The van der Waals surface area contributed by atoms with Crippen LogP contribution >= 0.6 is 23.2 Å². The third kappa shape index (κ3) is 5.75. The number of aryl methyl sites for hydroxylation is 1. The molecule has 26 heavy (non-hydrogen) atoms. The highest BCUT2D eigenvalue weighted by Gasteiger charge is 2.14. The molecule has 0 unspecified atom stereocenters. The van der Waals surface area contributed by atoms with Crippen LogP contribution in [0.5, 0.6) is 0 Å². The number of carbonyl (C=O) groups is 3. The molecular formula is C18H16Cl2N2O4. The van der Waals surface area contributed by atoms with Crippen molar-refractivity contribution in [1.82, 2.24) is 5.32 Å². The van der Waals surface area contributed by atoms with Gasteiger partial charge in [-0.2, -0.15) is 0 Å². The third-order valence-electron chi connectivity index (χ3n) is 3.35. The monoisotopic (exact) mass is 394 g/mol. The molecule has 0 atom stereocenters. The van der Waals surface area contributed by atoms with Crippen LogP contribution in [0.25, 0.3) is 0 Å². The molecule has 2 N–H and O–H groups in total. The summed E-state index contributed by atoms with van der Waals surface area (Å²) in [4.78, 5) is 35.4. The Kier molecular flexibility index (Phi) is 7.00. The van der Waals surface area contributed by atoms with Crippen LogP contribution in [0.3, 0.4) is 0 Å². The minimum absolute atomic E-state index is 0.168. The fourth-order valence-electron chi connectivity index (χ4n) is 2.02. The molecule has 136 valence electrons. The zero-order chi connectivity index (χ0) is 19.1. The Morgan fingerprint density at radius 1 is 1.08 bits per heavy atom. The number of hydrogen-bond donors (Lipinski definition) is 2. The number of halogens is 2. The van der Waals surface area contributed by atoms with Gasteiger partial charge >= 0.3 is 5.97 Å². The number of esters is 1. The minimum Gasteiger partial charge on any atom is -0.454 e. The molecule has 0 saturated heterocycles. The van der Waals surface area contributed by atoms with E-state index < -0.39 is 30.9 Å². The number of ether oxygens (including phenoxy) is 1. The predicted molar refractivity (Wildman–Crippen MR) is 99.6 cm³/mol. The summed E-state index contributed by atoms with van der Waals surface area (Å²) in [5.74, 6) is -1.77. The molecule has 2 aromatic rings. The van der Waals surface area contributed by atoms with E-state index in [1.165, 1.54) is 18.2 Å². The standard InChI is InChI=1S/C18H16Cl2N2O4/c1-11-4-2-3-5-15(11)22-16(23)10-26-17(24)9-21-18(25)13-7-6-12(19)8-14(13)20/h2-8H,9-10H2,1H3,(H,21,25)(H,22,23). The molecule has 0 aliphatic carbocycles. The van der Waals surface area contributed by atoms with Crippen LogP contribution in [-0.2, 0) is 14.3 Å². The molecule has 8 heteroatoms. The Morgan fingerprint density at radius 2 is 1.81 bits per heavy atom. The first-order valence-electron chi connectivity index (χ1n) is 7.61. The fraction of sp³-hybridized carbons (Fsp3) is 0.167. The van der Waals surface area contributed by atoms with Crippen molar-refractivity contribution >= 4 is 46.7 Å². The third-order valence-corrected chi connectivity index (χ3v) is 3.90. The first kappa shape index (κ1) is 19.8. The number of para-hydroxylation sites is 1. The molecule has 0 radical (unpaired) electrons. The van der Waals surface area contributed by atoms with E-state index in [1.807, 2.05) is 19.1 Å². The van der Waals surface area contributed by atoms with Gasteiger partial charge in [0.25, 0.3) is 11.8 Å². The zero-order valence-electron chi connectivity index (χ0n) is 13.8. The van der Waals surface area contributed by atoms with Crippen LogP contribution in [-0.4, -0.2) is 30.9 Å². The molecule has 2 amide bonds. The van der Waals surface area contributed by atoms with Gasteiger partial charge in [0.15, 0.2) is 6.61 Å². The van der Waals surface area contributed by atoms with Gasteiger partial charge in [-0.05, 0) is 36.8 Å². The average molecular weight is 395 g/mol. The Balaban J connectivity index is 1.77. The molecule has 6 nitrogen and oxygen atoms in total. The maximum absolute atomic E-state index is 12.0. The summed E-state index contributed by atoms with van der Waals surface area (Å²) >= 11 is 11.7. The summed E-state index contributed by atoms with van der Waals surface area (Å²) in [5, 5.41) is 5.57. The molecule has 0 fully saturated rings. The number of anilines is 1. The van der Waals surface area contributed by atoms with Gasteiger partial charge in [-0.3, -0.25) is 14.4 Å². The highest BCUT2D eigenvalue weighted by atomic mass is 35.5. The van der Waals surface area contributed by atoms with Crippen molar-refractivity contribution in [3.05, 3.63) is 63.6 Å². The lowest BCUT2D eigenvalue weighted by atomic mass is 10.2. The van der Waals surface area contributed by atoms with E-state index in [1.54, 1.807) is 12.1 Å². The van der Waals surface area contributed by atoms with E-state index in [-0.39, 0.29) is 10.6 Å². The summed E-state index contributed by atoms with van der Waals surface area (Å²) < 4.78 is 4.83. The maximum Gasteiger partial charge on any atom is 0.325 e. The predicted octanol–water partition coefficient (Wildman–Crippen LogP) is 3.21. The Bertz CT molecular complexity index is 840. The van der Waals surface area contributed by atoms with E-state index in [4.69, 9.17) is 27.9 Å². The van der Waals surface area contributed by atoms with Crippen molar-refractivity contribution in [2.45, 2.75) is 6.92 Å². The van der Waals surface area contributed by atoms with Gasteiger partial charge in [0.1, 0.15) is 6.54 Å². The summed E-state index contributed by atoms with van der Waals surface area (Å²) in [5.41, 5.74) is 1.71. The minimum atomic E-state index is -0.747. The quantitative estimate of drug-likeness (QED) is 0.736. The smallest absolute Gasteiger partial charge is 0.325 e. The first-order valence-corrected chi connectivity index (χ1v) is 8.37. The lowest BCUT2D eigenvalue weighted by molar-refractivity contribution is -0.146. The molecule has 2 rings (SSSR count). The lowest BCUT2D eigenvalue weighted by Crippen LogP contribution is -2.32. The van der Waals surface area contributed by atoms with Crippen molar-refractivity contribution in [3.8, 4) is 0 Å². The fourth-order valence-corrected chi connectivity index (χ4v) is 2.51. The molecular weight excluding hydrogens is 379 g/mol. The second-order valence-electron chi connectivity index (χ2n) is 5.33. The molecule has 0 heterocycles. The Hall–Kier alpha value is -2.57. The molecule has 0 aliphatic heterocycles. The van der Waals surface area contributed by atoms with Crippen molar-refractivity contribution in [2.24, 2.45) is 0 Å². The molecule has 0 aromatic heterocycles. The van der Waals surface area contributed by atoms with Crippen molar-refractivity contribution in [2.75, 3.05) is 18.5 Å². The van der Waals surface area contributed by atoms with Gasteiger partial charge in [-0.25, -0.2) is 0 Å². The van der Waals surface area contributed by atoms with Crippen LogP contribution < -0.4 is 10.6 Å². The highest BCUT2D eigenvalue weighted by molar-refractivity contribution is 6.36. The van der Waals surface area contributed by atoms with Crippen molar-refractivity contribution in [1.29, 1.82) is 0 Å². The number of nitrogens with one attached hydrogen (secondary N) is 2. The van der Waals surface area contributed by atoms with Crippen LogP contribution in [0.2, 0.25) is 10.0 Å².